The molecule has 0 amide bonds. The molecule has 2 unspecified atom stereocenters. The molecule has 2 atom stereocenters. The van der Waals surface area contributed by atoms with Crippen molar-refractivity contribution in [1.29, 1.82) is 0 Å². The van der Waals surface area contributed by atoms with E-state index in [-0.39, 0.29) is 12.0 Å². The molecule has 1 aliphatic heterocycles. The molecule has 3 rings (SSSR count). The molecule has 5 nitrogen and oxygen atoms in total. The summed E-state index contributed by atoms with van der Waals surface area (Å²) in [5.41, 5.74) is 6.97. The quantitative estimate of drug-likeness (QED) is 0.840. The van der Waals surface area contributed by atoms with Crippen LogP contribution in [0.25, 0.3) is 0 Å². The minimum Gasteiger partial charge on any atom is -0.493 e. The largest absolute Gasteiger partial charge is 0.493 e. The molecular weight excluding hydrogens is 228 g/mol. The molecule has 2 aromatic rings. The minimum atomic E-state index is -0.146. The van der Waals surface area contributed by atoms with E-state index in [1.807, 2.05) is 25.1 Å². The van der Waals surface area contributed by atoms with Crippen LogP contribution < -0.4 is 10.5 Å². The van der Waals surface area contributed by atoms with Gasteiger partial charge in [-0.1, -0.05) is 18.2 Å². The zero-order valence-electron chi connectivity index (χ0n) is 10.3. The van der Waals surface area contributed by atoms with Gasteiger partial charge < -0.3 is 10.5 Å². The summed E-state index contributed by atoms with van der Waals surface area (Å²) >= 11 is 0. The van der Waals surface area contributed by atoms with Gasteiger partial charge in [-0.25, -0.2) is 4.98 Å². The molecule has 0 radical (unpaired) electrons. The van der Waals surface area contributed by atoms with Gasteiger partial charge in [0.1, 0.15) is 11.6 Å². The van der Waals surface area contributed by atoms with Gasteiger partial charge in [0.05, 0.1) is 18.6 Å². The van der Waals surface area contributed by atoms with Crippen LogP contribution in [0.5, 0.6) is 5.75 Å². The third kappa shape index (κ3) is 1.97. The number of nitrogens with two attached hydrogens (primary N) is 1. The second kappa shape index (κ2) is 4.42. The molecule has 0 fully saturated rings. The predicted molar refractivity (Wildman–Crippen MR) is 67.4 cm³/mol. The maximum Gasteiger partial charge on any atom is 0.167 e. The first kappa shape index (κ1) is 11.2. The Kier molecular flexibility index (Phi) is 2.76. The number of H-pyrrole nitrogens is 1. The summed E-state index contributed by atoms with van der Waals surface area (Å²) in [6, 6.07) is 7.95. The van der Waals surface area contributed by atoms with Gasteiger partial charge in [0.15, 0.2) is 5.82 Å². The summed E-state index contributed by atoms with van der Waals surface area (Å²) in [6.45, 7) is 2.50. The third-order valence-electron chi connectivity index (χ3n) is 3.19. The van der Waals surface area contributed by atoms with Gasteiger partial charge in [0.25, 0.3) is 0 Å². The summed E-state index contributed by atoms with van der Waals surface area (Å²) in [4.78, 5) is 4.43. The highest BCUT2D eigenvalue weighted by molar-refractivity contribution is 5.36. The van der Waals surface area contributed by atoms with Gasteiger partial charge in [-0.2, -0.15) is 5.10 Å². The van der Waals surface area contributed by atoms with Crippen molar-refractivity contribution >= 4 is 0 Å². The van der Waals surface area contributed by atoms with Crippen molar-refractivity contribution in [2.24, 2.45) is 5.73 Å². The van der Waals surface area contributed by atoms with Gasteiger partial charge >= 0.3 is 0 Å². The molecule has 18 heavy (non-hydrogen) atoms. The molecule has 5 heteroatoms. The summed E-state index contributed by atoms with van der Waals surface area (Å²) in [7, 11) is 0. The molecule has 1 aromatic heterocycles. The molecule has 0 aliphatic carbocycles. The lowest BCUT2D eigenvalue weighted by atomic mass is 9.96. The normalized spacial score (nSPS) is 20.0. The number of ether oxygens (including phenoxy) is 1. The Morgan fingerprint density at radius 3 is 3.06 bits per heavy atom. The van der Waals surface area contributed by atoms with Crippen LogP contribution >= 0.6 is 0 Å². The minimum absolute atomic E-state index is 0.146. The second-order valence-corrected chi connectivity index (χ2v) is 4.69. The zero-order valence-corrected chi connectivity index (χ0v) is 10.3. The average molecular weight is 244 g/mol. The van der Waals surface area contributed by atoms with E-state index < -0.39 is 0 Å². The fraction of sp³-hybridized carbons (Fsp3) is 0.385. The molecule has 0 bridgehead atoms. The van der Waals surface area contributed by atoms with E-state index in [1.54, 1.807) is 0 Å². The Morgan fingerprint density at radius 2 is 2.28 bits per heavy atom. The van der Waals surface area contributed by atoms with Gasteiger partial charge in [-0.15, -0.1) is 0 Å². The first-order chi connectivity index (χ1) is 8.74. The number of nitrogens with zero attached hydrogens (tertiary/aromatic N) is 2. The average Bonchev–Trinajstić information content (AvgIpc) is 2.88. The van der Waals surface area contributed by atoms with E-state index in [4.69, 9.17) is 10.5 Å². The highest BCUT2D eigenvalue weighted by atomic mass is 16.5. The van der Waals surface area contributed by atoms with Crippen LogP contribution in [0.1, 0.15) is 36.1 Å². The predicted octanol–water partition coefficient (Wildman–Crippen LogP) is 1.54. The number of benzene rings is 1. The first-order valence-electron chi connectivity index (χ1n) is 6.12. The lowest BCUT2D eigenvalue weighted by Crippen LogP contribution is -2.20. The van der Waals surface area contributed by atoms with E-state index in [0.717, 1.165) is 18.0 Å². The highest BCUT2D eigenvalue weighted by Crippen LogP contribution is 2.30. The molecule has 2 heterocycles. The summed E-state index contributed by atoms with van der Waals surface area (Å²) < 4.78 is 5.74. The van der Waals surface area contributed by atoms with Crippen LogP contribution in [0.2, 0.25) is 0 Å². The standard InChI is InChI=1S/C13H16N4O/c1-8(14)12-15-13(17-16-12)10-6-9-4-2-3-5-11(9)18-7-10/h2-5,8,10H,6-7,14H2,1H3,(H,15,16,17). The molecule has 1 aliphatic rings. The fourth-order valence-electron chi connectivity index (χ4n) is 2.18. The van der Waals surface area contributed by atoms with E-state index in [0.29, 0.717) is 12.4 Å². The van der Waals surface area contributed by atoms with Crippen LogP contribution in [0, 0.1) is 0 Å². The van der Waals surface area contributed by atoms with E-state index in [1.165, 1.54) is 5.56 Å². The van der Waals surface area contributed by atoms with Crippen LogP contribution in [0.4, 0.5) is 0 Å². The van der Waals surface area contributed by atoms with E-state index >= 15 is 0 Å². The van der Waals surface area contributed by atoms with Crippen LogP contribution in [-0.2, 0) is 6.42 Å². The Bertz CT molecular complexity index is 549. The van der Waals surface area contributed by atoms with Gasteiger partial charge in [0, 0.05) is 0 Å². The highest BCUT2D eigenvalue weighted by Gasteiger charge is 2.24. The molecule has 94 valence electrons. The number of nitrogens with one attached hydrogen (secondary N) is 1. The van der Waals surface area contributed by atoms with Crippen LogP contribution in [0.15, 0.2) is 24.3 Å². The van der Waals surface area contributed by atoms with Crippen molar-refractivity contribution in [3.8, 4) is 5.75 Å². The van der Waals surface area contributed by atoms with Crippen molar-refractivity contribution in [3.05, 3.63) is 41.5 Å². The van der Waals surface area contributed by atoms with Crippen molar-refractivity contribution < 1.29 is 4.74 Å². The topological polar surface area (TPSA) is 76.8 Å². The SMILES string of the molecule is CC(N)c1n[nH]c(C2COc3ccccc3C2)n1. The fourth-order valence-corrected chi connectivity index (χ4v) is 2.18. The summed E-state index contributed by atoms with van der Waals surface area (Å²) in [5.74, 6) is 2.71. The first-order valence-corrected chi connectivity index (χ1v) is 6.12. The number of para-hydroxylation sites is 1. The van der Waals surface area contributed by atoms with Crippen molar-refractivity contribution in [2.75, 3.05) is 6.61 Å². The van der Waals surface area contributed by atoms with Crippen molar-refractivity contribution in [1.82, 2.24) is 15.2 Å². The second-order valence-electron chi connectivity index (χ2n) is 4.69. The van der Waals surface area contributed by atoms with Crippen molar-refractivity contribution in [3.63, 3.8) is 0 Å². The maximum atomic E-state index is 5.76. The number of aromatic nitrogens is 3. The number of fused-ring (bicyclic) bond motifs is 1. The van der Waals surface area contributed by atoms with Gasteiger partial charge in [0.2, 0.25) is 0 Å². The Balaban J connectivity index is 1.83. The zero-order chi connectivity index (χ0) is 12.5. The van der Waals surface area contributed by atoms with E-state index in [2.05, 4.69) is 21.2 Å². The Labute approximate surface area is 105 Å². The lowest BCUT2D eigenvalue weighted by molar-refractivity contribution is 0.258. The van der Waals surface area contributed by atoms with Gasteiger partial charge in [-0.05, 0) is 25.0 Å². The number of hydrogen-bond acceptors (Lipinski definition) is 4. The lowest BCUT2D eigenvalue weighted by Gasteiger charge is -2.23. The molecule has 1 aromatic carbocycles. The van der Waals surface area contributed by atoms with Gasteiger partial charge in [-0.3, -0.25) is 5.10 Å². The Morgan fingerprint density at radius 1 is 1.44 bits per heavy atom. The number of hydrogen-bond donors (Lipinski definition) is 2. The van der Waals surface area contributed by atoms with Crippen LogP contribution in [-0.4, -0.2) is 21.8 Å². The summed E-state index contributed by atoms with van der Waals surface area (Å²) in [6.07, 6.45) is 0.920. The third-order valence-corrected chi connectivity index (χ3v) is 3.19. The molecule has 0 saturated heterocycles. The maximum absolute atomic E-state index is 5.76. The molecule has 0 spiro atoms. The molecular formula is C13H16N4O. The van der Waals surface area contributed by atoms with Crippen molar-refractivity contribution in [2.45, 2.75) is 25.3 Å². The van der Waals surface area contributed by atoms with Crippen LogP contribution in [0.3, 0.4) is 0 Å². The molecule has 0 saturated carbocycles. The smallest absolute Gasteiger partial charge is 0.167 e. The number of aromatic amines is 1. The Hall–Kier alpha value is -1.88. The summed E-state index contributed by atoms with van der Waals surface area (Å²) in [5, 5.41) is 7.10. The monoisotopic (exact) mass is 244 g/mol. The number of rotatable bonds is 2. The molecule has 3 N–H and O–H groups in total. The van der Waals surface area contributed by atoms with E-state index in [9.17, 15) is 0 Å².